The molecule has 0 atom stereocenters. The molecule has 0 bridgehead atoms. The summed E-state index contributed by atoms with van der Waals surface area (Å²) in [5.74, 6) is 0. The Bertz CT molecular complexity index is 617. The van der Waals surface area contributed by atoms with Crippen LogP contribution in [0.1, 0.15) is 18.4 Å². The summed E-state index contributed by atoms with van der Waals surface area (Å²) in [6.45, 7) is 0.817. The zero-order valence-corrected chi connectivity index (χ0v) is 13.9. The van der Waals surface area contributed by atoms with E-state index in [4.69, 9.17) is 11.6 Å². The predicted octanol–water partition coefficient (Wildman–Crippen LogP) is 4.90. The largest absolute Gasteiger partial charge is 0.310 e. The van der Waals surface area contributed by atoms with Crippen LogP contribution in [0.4, 0.5) is 0 Å². The van der Waals surface area contributed by atoms with E-state index in [9.17, 15) is 0 Å². The molecule has 1 N–H and O–H groups in total. The minimum atomic E-state index is 0.672. The van der Waals surface area contributed by atoms with E-state index in [1.165, 1.54) is 12.8 Å². The molecule has 0 spiro atoms. The highest BCUT2D eigenvalue weighted by Crippen LogP contribution is 2.36. The number of hydrogen-bond acceptors (Lipinski definition) is 3. The van der Waals surface area contributed by atoms with Crippen LogP contribution >= 0.6 is 39.3 Å². The van der Waals surface area contributed by atoms with Crippen LogP contribution in [0.5, 0.6) is 0 Å². The zero-order chi connectivity index (χ0) is 13.9. The molecule has 104 valence electrons. The van der Waals surface area contributed by atoms with Crippen molar-refractivity contribution >= 4 is 39.3 Å². The SMILES string of the molecule is Clc1cccc(Sc2ncccc2Br)c1CNC1CC1. The Labute approximate surface area is 136 Å². The number of nitrogens with zero attached hydrogens (tertiary/aromatic N) is 1. The van der Waals surface area contributed by atoms with E-state index in [-0.39, 0.29) is 0 Å². The molecular weight excluding hydrogens is 356 g/mol. The van der Waals surface area contributed by atoms with E-state index >= 15 is 0 Å². The van der Waals surface area contributed by atoms with Crippen molar-refractivity contribution in [3.05, 3.63) is 51.6 Å². The van der Waals surface area contributed by atoms with Crippen LogP contribution in [0.15, 0.2) is 50.9 Å². The first-order valence-electron chi connectivity index (χ1n) is 6.53. The van der Waals surface area contributed by atoms with Gasteiger partial charge in [0, 0.05) is 28.7 Å². The average Bonchev–Trinajstić information content (AvgIpc) is 3.25. The van der Waals surface area contributed by atoms with Gasteiger partial charge in [-0.05, 0) is 58.6 Å². The van der Waals surface area contributed by atoms with Crippen molar-refractivity contribution < 1.29 is 0 Å². The molecule has 2 aromatic rings. The second-order valence-electron chi connectivity index (χ2n) is 4.76. The molecule has 1 saturated carbocycles. The average molecular weight is 370 g/mol. The lowest BCUT2D eigenvalue weighted by molar-refractivity contribution is 0.680. The third-order valence-electron chi connectivity index (χ3n) is 3.15. The van der Waals surface area contributed by atoms with E-state index in [1.807, 2.05) is 24.3 Å². The second kappa shape index (κ2) is 6.48. The summed E-state index contributed by atoms with van der Waals surface area (Å²) in [7, 11) is 0. The van der Waals surface area contributed by atoms with Gasteiger partial charge in [-0.2, -0.15) is 0 Å². The number of halogens is 2. The van der Waals surface area contributed by atoms with Gasteiger partial charge in [0.2, 0.25) is 0 Å². The normalized spacial score (nSPS) is 14.5. The van der Waals surface area contributed by atoms with Gasteiger partial charge in [0.05, 0.1) is 4.47 Å². The van der Waals surface area contributed by atoms with Gasteiger partial charge in [-0.3, -0.25) is 0 Å². The summed E-state index contributed by atoms with van der Waals surface area (Å²) in [6.07, 6.45) is 4.36. The Balaban J connectivity index is 1.84. The number of benzene rings is 1. The van der Waals surface area contributed by atoms with Gasteiger partial charge in [0.1, 0.15) is 5.03 Å². The number of aromatic nitrogens is 1. The van der Waals surface area contributed by atoms with E-state index in [0.29, 0.717) is 6.04 Å². The quantitative estimate of drug-likeness (QED) is 0.811. The minimum absolute atomic E-state index is 0.672. The van der Waals surface area contributed by atoms with Crippen LogP contribution in [-0.2, 0) is 6.54 Å². The van der Waals surface area contributed by atoms with E-state index < -0.39 is 0 Å². The van der Waals surface area contributed by atoms with Crippen molar-refractivity contribution in [3.8, 4) is 0 Å². The van der Waals surface area contributed by atoms with Crippen LogP contribution in [-0.4, -0.2) is 11.0 Å². The third-order valence-corrected chi connectivity index (χ3v) is 5.53. The number of nitrogens with one attached hydrogen (secondary N) is 1. The molecule has 1 heterocycles. The Morgan fingerprint density at radius 3 is 2.90 bits per heavy atom. The van der Waals surface area contributed by atoms with Gasteiger partial charge in [0.15, 0.2) is 0 Å². The highest BCUT2D eigenvalue weighted by atomic mass is 79.9. The lowest BCUT2D eigenvalue weighted by atomic mass is 10.2. The smallest absolute Gasteiger partial charge is 0.115 e. The van der Waals surface area contributed by atoms with Crippen LogP contribution in [0.2, 0.25) is 5.02 Å². The first-order valence-corrected chi connectivity index (χ1v) is 8.52. The van der Waals surface area contributed by atoms with Gasteiger partial charge in [-0.25, -0.2) is 4.98 Å². The lowest BCUT2D eigenvalue weighted by Crippen LogP contribution is -2.16. The summed E-state index contributed by atoms with van der Waals surface area (Å²) in [4.78, 5) is 5.56. The van der Waals surface area contributed by atoms with Crippen molar-refractivity contribution in [2.45, 2.75) is 35.3 Å². The van der Waals surface area contributed by atoms with Crippen LogP contribution in [0, 0.1) is 0 Å². The summed E-state index contributed by atoms with van der Waals surface area (Å²) < 4.78 is 1.01. The molecule has 0 amide bonds. The molecule has 1 fully saturated rings. The maximum absolute atomic E-state index is 6.35. The highest BCUT2D eigenvalue weighted by molar-refractivity contribution is 9.10. The van der Waals surface area contributed by atoms with E-state index in [1.54, 1.807) is 18.0 Å². The predicted molar refractivity (Wildman–Crippen MR) is 87.4 cm³/mol. The molecule has 1 aromatic carbocycles. The fraction of sp³-hybridized carbons (Fsp3) is 0.267. The fourth-order valence-electron chi connectivity index (χ4n) is 1.89. The van der Waals surface area contributed by atoms with Crippen molar-refractivity contribution in [1.29, 1.82) is 0 Å². The standard InChI is InChI=1S/C15H14BrClN2S/c16-12-3-2-8-18-15(12)20-14-5-1-4-13(17)11(14)9-19-10-6-7-10/h1-5,8,10,19H,6-7,9H2. The molecule has 0 saturated heterocycles. The Hall–Kier alpha value is -0.550. The topological polar surface area (TPSA) is 24.9 Å². The Morgan fingerprint density at radius 2 is 2.15 bits per heavy atom. The molecular formula is C15H14BrClN2S. The zero-order valence-electron chi connectivity index (χ0n) is 10.8. The second-order valence-corrected chi connectivity index (χ2v) is 7.06. The molecule has 1 aliphatic rings. The van der Waals surface area contributed by atoms with Crippen LogP contribution in [0.25, 0.3) is 0 Å². The third kappa shape index (κ3) is 3.55. The van der Waals surface area contributed by atoms with Gasteiger partial charge in [0.25, 0.3) is 0 Å². The van der Waals surface area contributed by atoms with Crippen LogP contribution in [0.3, 0.4) is 0 Å². The first kappa shape index (κ1) is 14.4. The minimum Gasteiger partial charge on any atom is -0.310 e. The molecule has 1 aromatic heterocycles. The number of rotatable bonds is 5. The molecule has 5 heteroatoms. The van der Waals surface area contributed by atoms with Crippen LogP contribution < -0.4 is 5.32 Å². The molecule has 0 unspecified atom stereocenters. The molecule has 20 heavy (non-hydrogen) atoms. The van der Waals surface area contributed by atoms with Gasteiger partial charge in [-0.15, -0.1) is 0 Å². The lowest BCUT2D eigenvalue weighted by Gasteiger charge is -2.12. The Morgan fingerprint density at radius 1 is 1.30 bits per heavy atom. The highest BCUT2D eigenvalue weighted by Gasteiger charge is 2.21. The molecule has 0 aliphatic heterocycles. The monoisotopic (exact) mass is 368 g/mol. The van der Waals surface area contributed by atoms with Crippen molar-refractivity contribution in [3.63, 3.8) is 0 Å². The van der Waals surface area contributed by atoms with Gasteiger partial charge < -0.3 is 5.32 Å². The molecule has 2 nitrogen and oxygen atoms in total. The summed E-state index contributed by atoms with van der Waals surface area (Å²) in [5, 5.41) is 5.30. The summed E-state index contributed by atoms with van der Waals surface area (Å²) in [6, 6.07) is 10.6. The summed E-state index contributed by atoms with van der Waals surface area (Å²) >= 11 is 11.5. The maximum Gasteiger partial charge on any atom is 0.115 e. The number of pyridine rings is 1. The van der Waals surface area contributed by atoms with Crippen molar-refractivity contribution in [2.24, 2.45) is 0 Å². The fourth-order valence-corrected chi connectivity index (χ4v) is 3.62. The summed E-state index contributed by atoms with van der Waals surface area (Å²) in [5.41, 5.74) is 1.16. The first-order chi connectivity index (χ1) is 9.74. The number of hydrogen-bond donors (Lipinski definition) is 1. The van der Waals surface area contributed by atoms with Gasteiger partial charge in [-0.1, -0.05) is 29.4 Å². The van der Waals surface area contributed by atoms with Crippen molar-refractivity contribution in [2.75, 3.05) is 0 Å². The van der Waals surface area contributed by atoms with Gasteiger partial charge >= 0.3 is 0 Å². The molecule has 1 aliphatic carbocycles. The Kier molecular flexibility index (Phi) is 4.66. The van der Waals surface area contributed by atoms with E-state index in [0.717, 1.165) is 31.5 Å². The molecule has 0 radical (unpaired) electrons. The van der Waals surface area contributed by atoms with E-state index in [2.05, 4.69) is 32.3 Å². The molecule has 3 rings (SSSR count). The maximum atomic E-state index is 6.35. The van der Waals surface area contributed by atoms with Crippen molar-refractivity contribution in [1.82, 2.24) is 10.3 Å².